The van der Waals surface area contributed by atoms with Crippen molar-refractivity contribution in [2.45, 2.75) is 44.2 Å². The van der Waals surface area contributed by atoms with Crippen LogP contribution in [-0.2, 0) is 6.42 Å². The molecule has 2 saturated heterocycles. The van der Waals surface area contributed by atoms with Crippen molar-refractivity contribution in [3.8, 4) is 0 Å². The molecular weight excluding hydrogens is 234 g/mol. The SMILES string of the molecule is c1nnc2sc(CC3CC4CCC(C3)N4)nn12. The van der Waals surface area contributed by atoms with Gasteiger partial charge in [0.05, 0.1) is 0 Å². The molecule has 1 N–H and O–H groups in total. The van der Waals surface area contributed by atoms with Gasteiger partial charge < -0.3 is 5.32 Å². The van der Waals surface area contributed by atoms with E-state index in [1.165, 1.54) is 30.7 Å². The first-order valence-corrected chi connectivity index (χ1v) is 7.10. The first kappa shape index (κ1) is 9.96. The Morgan fingerprint density at radius 1 is 1.35 bits per heavy atom. The molecule has 2 aromatic rings. The van der Waals surface area contributed by atoms with Crippen molar-refractivity contribution < 1.29 is 0 Å². The third kappa shape index (κ3) is 1.75. The molecule has 2 bridgehead atoms. The second-order valence-electron chi connectivity index (χ2n) is 5.23. The van der Waals surface area contributed by atoms with Gasteiger partial charge in [-0.2, -0.15) is 9.61 Å². The van der Waals surface area contributed by atoms with Crippen molar-refractivity contribution in [2.24, 2.45) is 5.92 Å². The van der Waals surface area contributed by atoms with Crippen LogP contribution >= 0.6 is 11.3 Å². The summed E-state index contributed by atoms with van der Waals surface area (Å²) in [7, 11) is 0. The molecule has 0 radical (unpaired) electrons. The molecule has 0 saturated carbocycles. The standard InChI is InChI=1S/C11H15N5S/c1-2-9-4-7(3-8(1)13-9)5-10-15-16-6-12-14-11(16)17-10/h6-9,13H,1-5H2. The number of fused-ring (bicyclic) bond motifs is 3. The van der Waals surface area contributed by atoms with Crippen LogP contribution in [0.25, 0.3) is 4.96 Å². The fraction of sp³-hybridized carbons (Fsp3) is 0.727. The number of hydrogen-bond acceptors (Lipinski definition) is 5. The van der Waals surface area contributed by atoms with Gasteiger partial charge in [-0.15, -0.1) is 10.2 Å². The van der Waals surface area contributed by atoms with Gasteiger partial charge in [-0.05, 0) is 31.6 Å². The van der Waals surface area contributed by atoms with E-state index in [1.807, 2.05) is 0 Å². The van der Waals surface area contributed by atoms with Crippen LogP contribution in [-0.4, -0.2) is 31.9 Å². The van der Waals surface area contributed by atoms with E-state index in [2.05, 4.69) is 20.6 Å². The molecule has 2 unspecified atom stereocenters. The lowest BCUT2D eigenvalue weighted by Crippen LogP contribution is -2.38. The Bertz CT molecular complexity index is 492. The van der Waals surface area contributed by atoms with Crippen molar-refractivity contribution in [3.63, 3.8) is 0 Å². The average Bonchev–Trinajstić information content (AvgIpc) is 2.93. The molecule has 2 aromatic heterocycles. The van der Waals surface area contributed by atoms with Crippen LogP contribution in [0.3, 0.4) is 0 Å². The monoisotopic (exact) mass is 249 g/mol. The smallest absolute Gasteiger partial charge is 0.234 e. The minimum atomic E-state index is 0.768. The van der Waals surface area contributed by atoms with Crippen molar-refractivity contribution in [2.75, 3.05) is 0 Å². The lowest BCUT2D eigenvalue weighted by atomic mass is 9.90. The first-order chi connectivity index (χ1) is 8.37. The maximum atomic E-state index is 4.53. The predicted octanol–water partition coefficient (Wildman–Crippen LogP) is 1.26. The maximum absolute atomic E-state index is 4.53. The van der Waals surface area contributed by atoms with E-state index < -0.39 is 0 Å². The number of aromatic nitrogens is 4. The zero-order valence-electron chi connectivity index (χ0n) is 9.54. The van der Waals surface area contributed by atoms with E-state index in [4.69, 9.17) is 0 Å². The van der Waals surface area contributed by atoms with E-state index in [-0.39, 0.29) is 0 Å². The third-order valence-corrected chi connectivity index (χ3v) is 4.90. The number of nitrogens with zero attached hydrogens (tertiary/aromatic N) is 4. The Kier molecular flexibility index (Phi) is 2.19. The van der Waals surface area contributed by atoms with Crippen LogP contribution in [0.1, 0.15) is 30.7 Å². The van der Waals surface area contributed by atoms with Crippen LogP contribution in [0.4, 0.5) is 0 Å². The quantitative estimate of drug-likeness (QED) is 0.870. The summed E-state index contributed by atoms with van der Waals surface area (Å²) in [5.41, 5.74) is 0. The average molecular weight is 249 g/mol. The summed E-state index contributed by atoms with van der Waals surface area (Å²) in [5.74, 6) is 0.803. The van der Waals surface area contributed by atoms with Gasteiger partial charge in [0, 0.05) is 18.5 Å². The topological polar surface area (TPSA) is 55.1 Å². The Hall–Kier alpha value is -1.01. The van der Waals surface area contributed by atoms with Crippen LogP contribution < -0.4 is 5.32 Å². The fourth-order valence-corrected chi connectivity index (χ4v) is 4.20. The molecular formula is C11H15N5S. The highest BCUT2D eigenvalue weighted by atomic mass is 32.1. The Morgan fingerprint density at radius 2 is 2.18 bits per heavy atom. The van der Waals surface area contributed by atoms with Crippen LogP contribution in [0.5, 0.6) is 0 Å². The number of nitrogens with one attached hydrogen (secondary N) is 1. The van der Waals surface area contributed by atoms with E-state index in [0.29, 0.717) is 0 Å². The summed E-state index contributed by atoms with van der Waals surface area (Å²) < 4.78 is 1.79. The highest BCUT2D eigenvalue weighted by molar-refractivity contribution is 7.16. The molecule has 2 atom stereocenters. The zero-order chi connectivity index (χ0) is 11.2. The van der Waals surface area contributed by atoms with E-state index in [0.717, 1.165) is 29.4 Å². The van der Waals surface area contributed by atoms with Gasteiger partial charge in [0.25, 0.3) is 0 Å². The summed E-state index contributed by atoms with van der Waals surface area (Å²) in [5, 5.41) is 17.3. The van der Waals surface area contributed by atoms with Gasteiger partial charge >= 0.3 is 0 Å². The summed E-state index contributed by atoms with van der Waals surface area (Å²) in [4.78, 5) is 0.914. The highest BCUT2D eigenvalue weighted by Crippen LogP contribution is 2.33. The summed E-state index contributed by atoms with van der Waals surface area (Å²) in [6, 6.07) is 1.54. The molecule has 5 nitrogen and oxygen atoms in total. The minimum absolute atomic E-state index is 0.768. The summed E-state index contributed by atoms with van der Waals surface area (Å²) in [6.07, 6.45) is 8.16. The zero-order valence-corrected chi connectivity index (χ0v) is 10.4. The van der Waals surface area contributed by atoms with Gasteiger partial charge in [0.15, 0.2) is 0 Å². The highest BCUT2D eigenvalue weighted by Gasteiger charge is 2.33. The van der Waals surface area contributed by atoms with E-state index in [9.17, 15) is 0 Å². The van der Waals surface area contributed by atoms with Crippen molar-refractivity contribution in [3.05, 3.63) is 11.3 Å². The molecule has 90 valence electrons. The molecule has 0 amide bonds. The normalized spacial score (nSPS) is 32.4. The van der Waals surface area contributed by atoms with Gasteiger partial charge in [-0.3, -0.25) is 0 Å². The van der Waals surface area contributed by atoms with Gasteiger partial charge in [0.2, 0.25) is 4.96 Å². The van der Waals surface area contributed by atoms with Crippen molar-refractivity contribution in [1.29, 1.82) is 0 Å². The lowest BCUT2D eigenvalue weighted by Gasteiger charge is -2.28. The fourth-order valence-electron chi connectivity index (χ4n) is 3.27. The molecule has 2 aliphatic heterocycles. The summed E-state index contributed by atoms with van der Waals surface area (Å²) in [6.45, 7) is 0. The Balaban J connectivity index is 1.51. The third-order valence-electron chi connectivity index (χ3n) is 3.96. The maximum Gasteiger partial charge on any atom is 0.234 e. The van der Waals surface area contributed by atoms with E-state index >= 15 is 0 Å². The molecule has 17 heavy (non-hydrogen) atoms. The molecule has 4 rings (SSSR count). The van der Waals surface area contributed by atoms with Gasteiger partial charge in [-0.1, -0.05) is 11.3 Å². The predicted molar refractivity (Wildman–Crippen MR) is 65.0 cm³/mol. The largest absolute Gasteiger partial charge is 0.311 e. The van der Waals surface area contributed by atoms with E-state index in [1.54, 1.807) is 22.2 Å². The number of piperidine rings is 1. The molecule has 0 spiro atoms. The second kappa shape index (κ2) is 3.74. The lowest BCUT2D eigenvalue weighted by molar-refractivity contribution is 0.298. The van der Waals surface area contributed by atoms with Gasteiger partial charge in [0.1, 0.15) is 11.3 Å². The Morgan fingerprint density at radius 3 is 2.94 bits per heavy atom. The minimum Gasteiger partial charge on any atom is -0.311 e. The Labute approximate surface area is 103 Å². The molecule has 2 aliphatic rings. The first-order valence-electron chi connectivity index (χ1n) is 6.28. The molecule has 0 aromatic carbocycles. The van der Waals surface area contributed by atoms with Crippen LogP contribution in [0.15, 0.2) is 6.33 Å². The summed E-state index contributed by atoms with van der Waals surface area (Å²) >= 11 is 1.68. The number of hydrogen-bond donors (Lipinski definition) is 1. The molecule has 2 fully saturated rings. The molecule has 6 heteroatoms. The van der Waals surface area contributed by atoms with Crippen LogP contribution in [0.2, 0.25) is 0 Å². The number of rotatable bonds is 2. The van der Waals surface area contributed by atoms with Gasteiger partial charge in [-0.25, -0.2) is 0 Å². The second-order valence-corrected chi connectivity index (χ2v) is 6.27. The van der Waals surface area contributed by atoms with Crippen molar-refractivity contribution in [1.82, 2.24) is 25.1 Å². The molecule has 0 aliphatic carbocycles. The van der Waals surface area contributed by atoms with Crippen LogP contribution in [0, 0.1) is 5.92 Å². The molecule has 4 heterocycles. The van der Waals surface area contributed by atoms with Crippen molar-refractivity contribution >= 4 is 16.3 Å².